The van der Waals surface area contributed by atoms with Crippen molar-refractivity contribution in [1.82, 2.24) is 15.3 Å². The number of aromatic amines is 1. The highest BCUT2D eigenvalue weighted by molar-refractivity contribution is 5.77. The summed E-state index contributed by atoms with van der Waals surface area (Å²) in [5.74, 6) is -0.0877. The Hall–Kier alpha value is -1.40. The molecule has 1 aliphatic heterocycles. The van der Waals surface area contributed by atoms with Crippen LogP contribution in [0, 0.1) is 0 Å². The Morgan fingerprint density at radius 1 is 1.58 bits per heavy atom. The van der Waals surface area contributed by atoms with E-state index in [-0.39, 0.29) is 18.6 Å². The van der Waals surface area contributed by atoms with Gasteiger partial charge in [0, 0.05) is 31.5 Å². The third-order valence-electron chi connectivity index (χ3n) is 3.08. The van der Waals surface area contributed by atoms with Crippen LogP contribution in [0.2, 0.25) is 0 Å². The molecule has 0 radical (unpaired) electrons. The van der Waals surface area contributed by atoms with Gasteiger partial charge in [-0.1, -0.05) is 0 Å². The molecule has 0 saturated carbocycles. The number of rotatable bonds is 7. The van der Waals surface area contributed by atoms with E-state index in [1.807, 2.05) is 0 Å². The maximum atomic E-state index is 11.5. The molecule has 2 N–H and O–H groups in total. The summed E-state index contributed by atoms with van der Waals surface area (Å²) in [5, 5.41) is 2.81. The maximum Gasteiger partial charge on any atom is 0.246 e. The molecule has 1 fully saturated rings. The molecule has 1 aliphatic rings. The van der Waals surface area contributed by atoms with Gasteiger partial charge in [0.1, 0.15) is 6.61 Å². The summed E-state index contributed by atoms with van der Waals surface area (Å²) in [4.78, 5) is 18.4. The normalized spacial score (nSPS) is 19.3. The average molecular weight is 267 g/mol. The van der Waals surface area contributed by atoms with Gasteiger partial charge in [0.15, 0.2) is 0 Å². The maximum absolute atomic E-state index is 11.5. The van der Waals surface area contributed by atoms with E-state index in [1.54, 1.807) is 12.5 Å². The van der Waals surface area contributed by atoms with Gasteiger partial charge in [-0.05, 0) is 19.3 Å². The van der Waals surface area contributed by atoms with E-state index in [9.17, 15) is 4.79 Å². The second-order valence-electron chi connectivity index (χ2n) is 4.68. The SMILES string of the molecule is O=C(COCC1CCCCO1)NCCc1cnc[nH]1. The fourth-order valence-electron chi connectivity index (χ4n) is 2.03. The second-order valence-corrected chi connectivity index (χ2v) is 4.68. The molecule has 0 bridgehead atoms. The van der Waals surface area contributed by atoms with Crippen molar-refractivity contribution in [2.45, 2.75) is 31.8 Å². The van der Waals surface area contributed by atoms with Crippen LogP contribution in [0.1, 0.15) is 25.0 Å². The summed E-state index contributed by atoms with van der Waals surface area (Å²) in [6, 6.07) is 0. The van der Waals surface area contributed by atoms with E-state index in [2.05, 4.69) is 15.3 Å². The number of ether oxygens (including phenoxy) is 2. The minimum atomic E-state index is -0.0877. The second kappa shape index (κ2) is 7.91. The Morgan fingerprint density at radius 3 is 3.26 bits per heavy atom. The van der Waals surface area contributed by atoms with E-state index in [1.165, 1.54) is 6.42 Å². The minimum Gasteiger partial charge on any atom is -0.376 e. The summed E-state index contributed by atoms with van der Waals surface area (Å²) < 4.78 is 10.9. The smallest absolute Gasteiger partial charge is 0.246 e. The van der Waals surface area contributed by atoms with E-state index in [0.717, 1.165) is 31.6 Å². The summed E-state index contributed by atoms with van der Waals surface area (Å²) in [5.41, 5.74) is 1.01. The quantitative estimate of drug-likeness (QED) is 0.760. The summed E-state index contributed by atoms with van der Waals surface area (Å²) in [6.07, 6.45) is 7.63. The first-order valence-corrected chi connectivity index (χ1v) is 6.78. The zero-order chi connectivity index (χ0) is 13.3. The number of nitrogens with zero attached hydrogens (tertiary/aromatic N) is 1. The Bertz CT molecular complexity index is 361. The molecule has 6 nitrogen and oxygen atoms in total. The summed E-state index contributed by atoms with van der Waals surface area (Å²) in [6.45, 7) is 2.01. The minimum absolute atomic E-state index is 0.0877. The van der Waals surface area contributed by atoms with Gasteiger partial charge >= 0.3 is 0 Å². The van der Waals surface area contributed by atoms with Crippen molar-refractivity contribution in [2.75, 3.05) is 26.4 Å². The Kier molecular flexibility index (Phi) is 5.84. The fraction of sp³-hybridized carbons (Fsp3) is 0.692. The van der Waals surface area contributed by atoms with E-state index >= 15 is 0 Å². The number of nitrogens with one attached hydrogen (secondary N) is 2. The third-order valence-corrected chi connectivity index (χ3v) is 3.08. The highest BCUT2D eigenvalue weighted by Crippen LogP contribution is 2.12. The number of hydrogen-bond donors (Lipinski definition) is 2. The van der Waals surface area contributed by atoms with E-state index in [4.69, 9.17) is 9.47 Å². The molecule has 1 saturated heterocycles. The molecule has 6 heteroatoms. The third kappa shape index (κ3) is 5.40. The van der Waals surface area contributed by atoms with Gasteiger partial charge in [-0.3, -0.25) is 4.79 Å². The van der Waals surface area contributed by atoms with Crippen LogP contribution >= 0.6 is 0 Å². The molecule has 0 aliphatic carbocycles. The number of amides is 1. The molecule has 1 aromatic rings. The van der Waals surface area contributed by atoms with E-state index < -0.39 is 0 Å². The molecule has 1 aromatic heterocycles. The fourth-order valence-corrected chi connectivity index (χ4v) is 2.03. The van der Waals surface area contributed by atoms with Gasteiger partial charge in [-0.2, -0.15) is 0 Å². The first kappa shape index (κ1) is 14.0. The lowest BCUT2D eigenvalue weighted by molar-refractivity contribution is -0.127. The predicted octanol–water partition coefficient (Wildman–Crippen LogP) is 0.654. The van der Waals surface area contributed by atoms with Crippen LogP contribution in [0.5, 0.6) is 0 Å². The topological polar surface area (TPSA) is 76.2 Å². The standard InChI is InChI=1S/C13H21N3O3/c17-13(15-5-4-11-7-14-10-16-11)9-18-8-12-3-1-2-6-19-12/h7,10,12H,1-6,8-9H2,(H,14,16)(H,15,17). The first-order valence-electron chi connectivity index (χ1n) is 6.78. The molecule has 106 valence electrons. The predicted molar refractivity (Wildman–Crippen MR) is 69.7 cm³/mol. The lowest BCUT2D eigenvalue weighted by Crippen LogP contribution is -2.32. The number of carbonyl (C=O) groups excluding carboxylic acids is 1. The van der Waals surface area contributed by atoms with E-state index in [0.29, 0.717) is 13.2 Å². The number of aromatic nitrogens is 2. The summed E-state index contributed by atoms with van der Waals surface area (Å²) >= 11 is 0. The lowest BCUT2D eigenvalue weighted by Gasteiger charge is -2.22. The molecule has 19 heavy (non-hydrogen) atoms. The molecule has 1 atom stereocenters. The number of H-pyrrole nitrogens is 1. The van der Waals surface area contributed by atoms with Crippen molar-refractivity contribution >= 4 is 5.91 Å². The van der Waals surface area contributed by atoms with Gasteiger partial charge in [0.05, 0.1) is 19.0 Å². The highest BCUT2D eigenvalue weighted by atomic mass is 16.5. The van der Waals surface area contributed by atoms with Crippen molar-refractivity contribution in [3.8, 4) is 0 Å². The molecular formula is C13H21N3O3. The van der Waals surface area contributed by atoms with Crippen LogP contribution in [0.25, 0.3) is 0 Å². The zero-order valence-corrected chi connectivity index (χ0v) is 11.1. The van der Waals surface area contributed by atoms with Crippen molar-refractivity contribution in [2.24, 2.45) is 0 Å². The number of hydrogen-bond acceptors (Lipinski definition) is 4. The van der Waals surface area contributed by atoms with Gasteiger partial charge < -0.3 is 19.8 Å². The number of carbonyl (C=O) groups is 1. The lowest BCUT2D eigenvalue weighted by atomic mass is 10.1. The largest absolute Gasteiger partial charge is 0.376 e. The van der Waals surface area contributed by atoms with Gasteiger partial charge in [0.2, 0.25) is 5.91 Å². The molecule has 1 unspecified atom stereocenters. The highest BCUT2D eigenvalue weighted by Gasteiger charge is 2.14. The van der Waals surface area contributed by atoms with Crippen LogP contribution in [-0.4, -0.2) is 48.3 Å². The van der Waals surface area contributed by atoms with Gasteiger partial charge in [-0.25, -0.2) is 4.98 Å². The Balaban J connectivity index is 1.49. The van der Waals surface area contributed by atoms with Crippen molar-refractivity contribution in [1.29, 1.82) is 0 Å². The van der Waals surface area contributed by atoms with Crippen LogP contribution in [0.15, 0.2) is 12.5 Å². The van der Waals surface area contributed by atoms with Crippen molar-refractivity contribution < 1.29 is 14.3 Å². The van der Waals surface area contributed by atoms with Crippen LogP contribution < -0.4 is 5.32 Å². The molecule has 2 rings (SSSR count). The van der Waals surface area contributed by atoms with Crippen molar-refractivity contribution in [3.05, 3.63) is 18.2 Å². The molecule has 0 aromatic carbocycles. The Morgan fingerprint density at radius 2 is 2.53 bits per heavy atom. The average Bonchev–Trinajstić information content (AvgIpc) is 2.93. The molecular weight excluding hydrogens is 246 g/mol. The molecule has 2 heterocycles. The van der Waals surface area contributed by atoms with Gasteiger partial charge in [-0.15, -0.1) is 0 Å². The molecule has 0 spiro atoms. The monoisotopic (exact) mass is 267 g/mol. The van der Waals surface area contributed by atoms with Crippen LogP contribution in [0.3, 0.4) is 0 Å². The summed E-state index contributed by atoms with van der Waals surface area (Å²) in [7, 11) is 0. The first-order chi connectivity index (χ1) is 9.34. The number of imidazole rings is 1. The van der Waals surface area contributed by atoms with Crippen molar-refractivity contribution in [3.63, 3.8) is 0 Å². The van der Waals surface area contributed by atoms with Gasteiger partial charge in [0.25, 0.3) is 0 Å². The molecule has 1 amide bonds. The Labute approximate surface area is 112 Å². The van der Waals surface area contributed by atoms with Crippen LogP contribution in [0.4, 0.5) is 0 Å². The zero-order valence-electron chi connectivity index (χ0n) is 11.1. The van der Waals surface area contributed by atoms with Crippen LogP contribution in [-0.2, 0) is 20.7 Å².